The number of anilines is 2. The van der Waals surface area contributed by atoms with Gasteiger partial charge in [-0.1, -0.05) is 23.2 Å². The number of hydrogen-bond donors (Lipinski definition) is 1. The lowest BCUT2D eigenvalue weighted by molar-refractivity contribution is 0.0196. The number of fused-ring (bicyclic) bond motifs is 1. The molecule has 1 fully saturated rings. The Kier molecular flexibility index (Phi) is 7.19. The van der Waals surface area contributed by atoms with Crippen LogP contribution >= 0.6 is 23.2 Å². The number of piperidine rings is 1. The van der Waals surface area contributed by atoms with Gasteiger partial charge in [0, 0.05) is 25.1 Å². The van der Waals surface area contributed by atoms with Gasteiger partial charge in [-0.15, -0.1) is 0 Å². The Morgan fingerprint density at radius 2 is 2.03 bits per heavy atom. The van der Waals surface area contributed by atoms with Crippen molar-refractivity contribution >= 4 is 51.8 Å². The number of aromatic nitrogens is 3. The minimum absolute atomic E-state index is 0.0922. The maximum atomic E-state index is 14.7. The fourth-order valence-electron chi connectivity index (χ4n) is 3.97. The highest BCUT2D eigenvalue weighted by atomic mass is 35.5. The van der Waals surface area contributed by atoms with Crippen molar-refractivity contribution in [3.05, 3.63) is 46.1 Å². The number of nitrogens with zero attached hydrogens (tertiary/aromatic N) is 4. The molecule has 2 aromatic heterocycles. The summed E-state index contributed by atoms with van der Waals surface area (Å²) >= 11 is 11.9. The van der Waals surface area contributed by atoms with Gasteiger partial charge in [-0.3, -0.25) is 0 Å². The number of ether oxygens (including phenoxy) is 2. The van der Waals surface area contributed by atoms with E-state index >= 15 is 0 Å². The summed E-state index contributed by atoms with van der Waals surface area (Å²) in [5, 5.41) is 2.87. The van der Waals surface area contributed by atoms with Crippen LogP contribution in [0.15, 0.2) is 24.5 Å². The molecule has 1 aromatic carbocycles. The third-order valence-corrected chi connectivity index (χ3v) is 6.35. The van der Waals surface area contributed by atoms with Gasteiger partial charge in [-0.2, -0.15) is 0 Å². The maximum Gasteiger partial charge on any atom is 0.410 e. The first kappa shape index (κ1) is 25.2. The monoisotopic (exact) mass is 521 g/mol. The van der Waals surface area contributed by atoms with Crippen LogP contribution in [-0.4, -0.2) is 51.7 Å². The number of amides is 1. The molecular formula is C24H26Cl2FN5O3. The Morgan fingerprint density at radius 1 is 1.26 bits per heavy atom. The van der Waals surface area contributed by atoms with Crippen molar-refractivity contribution in [2.45, 2.75) is 45.1 Å². The third kappa shape index (κ3) is 5.51. The summed E-state index contributed by atoms with van der Waals surface area (Å²) in [4.78, 5) is 27.8. The lowest BCUT2D eigenvalue weighted by atomic mass is 9.93. The maximum absolute atomic E-state index is 14.7. The highest BCUT2D eigenvalue weighted by Crippen LogP contribution is 2.36. The lowest BCUT2D eigenvalue weighted by Crippen LogP contribution is -2.42. The standard InChI is InChI=1S/C24H26Cl2FN5O3/c1-24(2,3)35-23(33)32-9-5-6-13(11-32)20-17(34-4)10-16-21(31-20)22(29-12-28-16)30-15-8-7-14(25)18(26)19(15)27/h7-8,10,12-13H,5-6,9,11H2,1-4H3,(H,28,29,30). The van der Waals surface area contributed by atoms with E-state index in [-0.39, 0.29) is 27.7 Å². The average molecular weight is 522 g/mol. The average Bonchev–Trinajstić information content (AvgIpc) is 2.82. The minimum atomic E-state index is -0.694. The second-order valence-corrected chi connectivity index (χ2v) is 10.1. The molecule has 1 aliphatic heterocycles. The topological polar surface area (TPSA) is 89.5 Å². The van der Waals surface area contributed by atoms with E-state index in [4.69, 9.17) is 37.7 Å². The number of likely N-dealkylation sites (tertiary alicyclic amines) is 1. The molecule has 3 aromatic rings. The number of rotatable bonds is 4. The Hall–Kier alpha value is -2.91. The molecule has 1 aliphatic rings. The summed E-state index contributed by atoms with van der Waals surface area (Å²) in [6.45, 7) is 6.55. The molecule has 186 valence electrons. The number of methoxy groups -OCH3 is 1. The van der Waals surface area contributed by atoms with E-state index in [0.29, 0.717) is 41.4 Å². The van der Waals surface area contributed by atoms with Gasteiger partial charge >= 0.3 is 6.09 Å². The van der Waals surface area contributed by atoms with Crippen LogP contribution in [0.3, 0.4) is 0 Å². The molecule has 1 amide bonds. The van der Waals surface area contributed by atoms with Crippen LogP contribution in [0.25, 0.3) is 11.0 Å². The van der Waals surface area contributed by atoms with Crippen molar-refractivity contribution in [2.75, 3.05) is 25.5 Å². The van der Waals surface area contributed by atoms with Crippen molar-refractivity contribution in [1.29, 1.82) is 0 Å². The van der Waals surface area contributed by atoms with Crippen LogP contribution in [0.1, 0.15) is 45.2 Å². The zero-order chi connectivity index (χ0) is 25.3. The Balaban J connectivity index is 1.70. The predicted molar refractivity (Wildman–Crippen MR) is 133 cm³/mol. The number of pyridine rings is 1. The van der Waals surface area contributed by atoms with Crippen molar-refractivity contribution in [1.82, 2.24) is 19.9 Å². The second kappa shape index (κ2) is 9.99. The molecule has 35 heavy (non-hydrogen) atoms. The van der Waals surface area contributed by atoms with Gasteiger partial charge in [0.05, 0.1) is 34.1 Å². The van der Waals surface area contributed by atoms with Crippen LogP contribution in [0, 0.1) is 5.82 Å². The van der Waals surface area contributed by atoms with Crippen LogP contribution in [0.2, 0.25) is 10.0 Å². The first-order valence-electron chi connectivity index (χ1n) is 11.2. The fraction of sp³-hybridized carbons (Fsp3) is 0.417. The van der Waals surface area contributed by atoms with Gasteiger partial charge in [-0.05, 0) is 45.7 Å². The fourth-order valence-corrected chi connectivity index (χ4v) is 4.28. The molecule has 0 saturated carbocycles. The highest BCUT2D eigenvalue weighted by molar-refractivity contribution is 6.42. The lowest BCUT2D eigenvalue weighted by Gasteiger charge is -2.34. The van der Waals surface area contributed by atoms with Crippen molar-refractivity contribution in [2.24, 2.45) is 0 Å². The summed E-state index contributed by atoms with van der Waals surface area (Å²) in [5.74, 6) is 0.0697. The van der Waals surface area contributed by atoms with Gasteiger partial charge in [0.15, 0.2) is 11.6 Å². The van der Waals surface area contributed by atoms with Gasteiger partial charge in [0.2, 0.25) is 0 Å². The zero-order valence-corrected chi connectivity index (χ0v) is 21.4. The molecule has 1 atom stereocenters. The largest absolute Gasteiger partial charge is 0.495 e. The zero-order valence-electron chi connectivity index (χ0n) is 19.9. The summed E-state index contributed by atoms with van der Waals surface area (Å²) < 4.78 is 25.8. The summed E-state index contributed by atoms with van der Waals surface area (Å²) in [5.41, 5.74) is 1.14. The first-order valence-corrected chi connectivity index (χ1v) is 11.9. The number of nitrogens with one attached hydrogen (secondary N) is 1. The van der Waals surface area contributed by atoms with E-state index in [9.17, 15) is 9.18 Å². The van der Waals surface area contributed by atoms with E-state index in [0.717, 1.165) is 12.8 Å². The van der Waals surface area contributed by atoms with Crippen molar-refractivity contribution in [3.8, 4) is 5.75 Å². The molecule has 0 spiro atoms. The van der Waals surface area contributed by atoms with Crippen LogP contribution in [-0.2, 0) is 4.74 Å². The number of benzene rings is 1. The molecular weight excluding hydrogens is 496 g/mol. The van der Waals surface area contributed by atoms with Gasteiger partial charge in [-0.25, -0.2) is 24.1 Å². The van der Waals surface area contributed by atoms with Gasteiger partial charge < -0.3 is 19.7 Å². The molecule has 4 rings (SSSR count). The van der Waals surface area contributed by atoms with E-state index < -0.39 is 11.4 Å². The first-order chi connectivity index (χ1) is 16.6. The Bertz CT molecular complexity index is 1270. The van der Waals surface area contributed by atoms with Crippen LogP contribution in [0.4, 0.5) is 20.7 Å². The molecule has 11 heteroatoms. The minimum Gasteiger partial charge on any atom is -0.495 e. The van der Waals surface area contributed by atoms with Crippen LogP contribution < -0.4 is 10.1 Å². The Labute approximate surface area is 212 Å². The normalized spacial score (nSPS) is 16.3. The van der Waals surface area contributed by atoms with Crippen LogP contribution in [0.5, 0.6) is 5.75 Å². The van der Waals surface area contributed by atoms with Gasteiger partial charge in [0.25, 0.3) is 0 Å². The van der Waals surface area contributed by atoms with E-state index in [2.05, 4.69) is 15.3 Å². The van der Waals surface area contributed by atoms with E-state index in [1.54, 1.807) is 18.1 Å². The van der Waals surface area contributed by atoms with E-state index in [1.807, 2.05) is 20.8 Å². The molecule has 8 nitrogen and oxygen atoms in total. The number of hydrogen-bond acceptors (Lipinski definition) is 7. The number of halogens is 3. The quantitative estimate of drug-likeness (QED) is 0.400. The SMILES string of the molecule is COc1cc2ncnc(Nc3ccc(Cl)c(Cl)c3F)c2nc1C1CCCN(C(=O)OC(C)(C)C)C1. The van der Waals surface area contributed by atoms with Crippen molar-refractivity contribution < 1.29 is 18.7 Å². The molecule has 3 heterocycles. The second-order valence-electron chi connectivity index (χ2n) is 9.28. The Morgan fingerprint density at radius 3 is 2.74 bits per heavy atom. The highest BCUT2D eigenvalue weighted by Gasteiger charge is 2.31. The molecule has 1 unspecified atom stereocenters. The molecule has 1 N–H and O–H groups in total. The summed E-state index contributed by atoms with van der Waals surface area (Å²) in [6, 6.07) is 4.73. The summed E-state index contributed by atoms with van der Waals surface area (Å²) in [6.07, 6.45) is 2.60. The third-order valence-electron chi connectivity index (χ3n) is 5.57. The smallest absolute Gasteiger partial charge is 0.410 e. The number of carbonyl (C=O) groups is 1. The predicted octanol–water partition coefficient (Wildman–Crippen LogP) is 6.34. The summed E-state index contributed by atoms with van der Waals surface area (Å²) in [7, 11) is 1.56. The molecule has 0 bridgehead atoms. The molecule has 0 aliphatic carbocycles. The molecule has 0 radical (unpaired) electrons. The molecule has 1 saturated heterocycles. The van der Waals surface area contributed by atoms with E-state index in [1.165, 1.54) is 18.5 Å². The van der Waals surface area contributed by atoms with Crippen molar-refractivity contribution in [3.63, 3.8) is 0 Å². The van der Waals surface area contributed by atoms with Gasteiger partial charge in [0.1, 0.15) is 23.2 Å². The number of carbonyl (C=O) groups excluding carboxylic acids is 1.